The molecule has 0 radical (unpaired) electrons. The first kappa shape index (κ1) is 12.2. The molecule has 0 saturated carbocycles. The highest BCUT2D eigenvalue weighted by Crippen LogP contribution is 2.25. The summed E-state index contributed by atoms with van der Waals surface area (Å²) in [6, 6.07) is 9.74. The SMILES string of the molecule is N#Cc1cccc2c1nc(N)n2Cc1cc(Br)cs1. The van der Waals surface area contributed by atoms with E-state index in [1.54, 1.807) is 17.4 Å². The minimum atomic E-state index is 0.433. The summed E-state index contributed by atoms with van der Waals surface area (Å²) in [5, 5.41) is 11.1. The lowest BCUT2D eigenvalue weighted by Gasteiger charge is -2.04. The van der Waals surface area contributed by atoms with Gasteiger partial charge in [-0.3, -0.25) is 0 Å². The molecule has 0 aliphatic rings. The highest BCUT2D eigenvalue weighted by atomic mass is 79.9. The fourth-order valence-corrected chi connectivity index (χ4v) is 3.45. The maximum Gasteiger partial charge on any atom is 0.201 e. The molecule has 0 unspecified atom stereocenters. The molecule has 0 atom stereocenters. The van der Waals surface area contributed by atoms with Gasteiger partial charge in [-0.2, -0.15) is 5.26 Å². The van der Waals surface area contributed by atoms with Gasteiger partial charge >= 0.3 is 0 Å². The summed E-state index contributed by atoms with van der Waals surface area (Å²) in [5.41, 5.74) is 8.07. The average molecular weight is 333 g/mol. The topological polar surface area (TPSA) is 67.6 Å². The molecule has 2 heterocycles. The van der Waals surface area contributed by atoms with E-state index in [4.69, 9.17) is 11.0 Å². The summed E-state index contributed by atoms with van der Waals surface area (Å²) < 4.78 is 2.99. The van der Waals surface area contributed by atoms with Crippen LogP contribution in [0, 0.1) is 11.3 Å². The molecule has 3 rings (SSSR count). The molecule has 0 spiro atoms. The Balaban J connectivity index is 2.14. The van der Waals surface area contributed by atoms with Crippen LogP contribution in [0.5, 0.6) is 0 Å². The van der Waals surface area contributed by atoms with Crippen molar-refractivity contribution in [3.05, 3.63) is 44.6 Å². The van der Waals surface area contributed by atoms with Gasteiger partial charge in [-0.25, -0.2) is 4.98 Å². The van der Waals surface area contributed by atoms with E-state index < -0.39 is 0 Å². The molecule has 1 aromatic carbocycles. The van der Waals surface area contributed by atoms with Crippen molar-refractivity contribution in [1.82, 2.24) is 9.55 Å². The minimum absolute atomic E-state index is 0.433. The first-order chi connectivity index (χ1) is 9.19. The number of nitriles is 1. The number of anilines is 1. The zero-order valence-corrected chi connectivity index (χ0v) is 12.2. The van der Waals surface area contributed by atoms with E-state index >= 15 is 0 Å². The minimum Gasteiger partial charge on any atom is -0.369 e. The number of halogens is 1. The third-order valence-corrected chi connectivity index (χ3v) is 4.55. The summed E-state index contributed by atoms with van der Waals surface area (Å²) >= 11 is 5.10. The molecule has 2 aromatic heterocycles. The second kappa shape index (κ2) is 4.68. The lowest BCUT2D eigenvalue weighted by atomic mass is 10.2. The first-order valence-electron chi connectivity index (χ1n) is 5.57. The van der Waals surface area contributed by atoms with E-state index in [1.807, 2.05) is 22.1 Å². The Labute approximate surface area is 122 Å². The van der Waals surface area contributed by atoms with Crippen LogP contribution in [-0.4, -0.2) is 9.55 Å². The van der Waals surface area contributed by atoms with Gasteiger partial charge in [0, 0.05) is 14.7 Å². The Bertz CT molecular complexity index is 797. The Morgan fingerprint density at radius 2 is 2.32 bits per heavy atom. The third-order valence-electron chi connectivity index (χ3n) is 2.86. The van der Waals surface area contributed by atoms with Crippen LogP contribution in [0.15, 0.2) is 34.1 Å². The molecule has 0 saturated heterocycles. The van der Waals surface area contributed by atoms with Crippen LogP contribution in [0.25, 0.3) is 11.0 Å². The molecule has 0 amide bonds. The van der Waals surface area contributed by atoms with Crippen molar-refractivity contribution >= 4 is 44.2 Å². The normalized spacial score (nSPS) is 10.7. The molecule has 2 N–H and O–H groups in total. The van der Waals surface area contributed by atoms with E-state index in [-0.39, 0.29) is 0 Å². The maximum atomic E-state index is 9.08. The van der Waals surface area contributed by atoms with E-state index in [2.05, 4.69) is 33.0 Å². The number of fused-ring (bicyclic) bond motifs is 1. The second-order valence-corrected chi connectivity index (χ2v) is 5.98. The standard InChI is InChI=1S/C13H9BrN4S/c14-9-4-10(19-7-9)6-18-11-3-1-2-8(5-15)12(11)17-13(18)16/h1-4,7H,6H2,(H2,16,17). The van der Waals surface area contributed by atoms with Gasteiger partial charge in [-0.1, -0.05) is 6.07 Å². The molecule has 19 heavy (non-hydrogen) atoms. The lowest BCUT2D eigenvalue weighted by Crippen LogP contribution is -2.03. The maximum absolute atomic E-state index is 9.08. The number of benzene rings is 1. The van der Waals surface area contributed by atoms with Crippen molar-refractivity contribution in [1.29, 1.82) is 5.26 Å². The number of rotatable bonds is 2. The molecular formula is C13H9BrN4S. The van der Waals surface area contributed by atoms with Gasteiger partial charge in [0.25, 0.3) is 0 Å². The quantitative estimate of drug-likeness (QED) is 0.782. The fourth-order valence-electron chi connectivity index (χ4n) is 2.01. The highest BCUT2D eigenvalue weighted by Gasteiger charge is 2.12. The Morgan fingerprint density at radius 1 is 1.47 bits per heavy atom. The average Bonchev–Trinajstić information content (AvgIpc) is 2.94. The van der Waals surface area contributed by atoms with Crippen molar-refractivity contribution in [2.75, 3.05) is 5.73 Å². The van der Waals surface area contributed by atoms with Gasteiger partial charge in [0.1, 0.15) is 11.6 Å². The number of aromatic nitrogens is 2. The van der Waals surface area contributed by atoms with E-state index in [0.29, 0.717) is 23.6 Å². The molecule has 3 aromatic rings. The van der Waals surface area contributed by atoms with Crippen molar-refractivity contribution in [2.45, 2.75) is 6.54 Å². The summed E-state index contributed by atoms with van der Waals surface area (Å²) in [6.45, 7) is 0.660. The molecule has 4 nitrogen and oxygen atoms in total. The second-order valence-electron chi connectivity index (χ2n) is 4.07. The predicted octanol–water partition coefficient (Wildman–Crippen LogP) is 3.36. The number of hydrogen-bond donors (Lipinski definition) is 1. The van der Waals surface area contributed by atoms with E-state index in [0.717, 1.165) is 9.99 Å². The van der Waals surface area contributed by atoms with Crippen LogP contribution in [0.4, 0.5) is 5.95 Å². The first-order valence-corrected chi connectivity index (χ1v) is 7.24. The van der Waals surface area contributed by atoms with Crippen molar-refractivity contribution in [2.24, 2.45) is 0 Å². The van der Waals surface area contributed by atoms with Gasteiger partial charge in [0.2, 0.25) is 5.95 Å². The van der Waals surface area contributed by atoms with Crippen LogP contribution in [0.1, 0.15) is 10.4 Å². The summed E-state index contributed by atoms with van der Waals surface area (Å²) in [7, 11) is 0. The van der Waals surface area contributed by atoms with Gasteiger partial charge in [-0.15, -0.1) is 11.3 Å². The molecular weight excluding hydrogens is 324 g/mol. The van der Waals surface area contributed by atoms with Crippen LogP contribution in [0.2, 0.25) is 0 Å². The van der Waals surface area contributed by atoms with Crippen LogP contribution in [-0.2, 0) is 6.54 Å². The van der Waals surface area contributed by atoms with Gasteiger partial charge in [0.15, 0.2) is 0 Å². The van der Waals surface area contributed by atoms with E-state index in [9.17, 15) is 0 Å². The van der Waals surface area contributed by atoms with Crippen LogP contribution >= 0.6 is 27.3 Å². The number of nitrogens with two attached hydrogens (primary N) is 1. The highest BCUT2D eigenvalue weighted by molar-refractivity contribution is 9.10. The molecule has 0 bridgehead atoms. The largest absolute Gasteiger partial charge is 0.369 e. The Morgan fingerprint density at radius 3 is 3.00 bits per heavy atom. The van der Waals surface area contributed by atoms with Gasteiger partial charge in [0.05, 0.1) is 17.6 Å². The van der Waals surface area contributed by atoms with Crippen molar-refractivity contribution < 1.29 is 0 Å². The van der Waals surface area contributed by atoms with Crippen molar-refractivity contribution in [3.8, 4) is 6.07 Å². The Hall–Kier alpha value is -1.84. The van der Waals surface area contributed by atoms with Gasteiger partial charge in [-0.05, 0) is 34.1 Å². The number of nitrogen functional groups attached to an aromatic ring is 1. The zero-order valence-electron chi connectivity index (χ0n) is 9.80. The molecule has 0 aliphatic carbocycles. The number of para-hydroxylation sites is 1. The van der Waals surface area contributed by atoms with Crippen molar-refractivity contribution in [3.63, 3.8) is 0 Å². The molecule has 94 valence electrons. The monoisotopic (exact) mass is 332 g/mol. The van der Waals surface area contributed by atoms with Gasteiger partial charge < -0.3 is 10.3 Å². The predicted molar refractivity (Wildman–Crippen MR) is 80.0 cm³/mol. The Kier molecular flexibility index (Phi) is 3.01. The molecule has 0 fully saturated rings. The summed E-state index contributed by atoms with van der Waals surface area (Å²) in [4.78, 5) is 5.48. The number of nitrogens with zero attached hydrogens (tertiary/aromatic N) is 3. The smallest absolute Gasteiger partial charge is 0.201 e. The fraction of sp³-hybridized carbons (Fsp3) is 0.0769. The zero-order chi connectivity index (χ0) is 13.4. The molecule has 0 aliphatic heterocycles. The summed E-state index contributed by atoms with van der Waals surface area (Å²) in [5.74, 6) is 0.433. The molecule has 6 heteroatoms. The van der Waals surface area contributed by atoms with E-state index in [1.165, 1.54) is 4.88 Å². The number of thiophene rings is 1. The lowest BCUT2D eigenvalue weighted by molar-refractivity contribution is 0.852. The summed E-state index contributed by atoms with van der Waals surface area (Å²) in [6.07, 6.45) is 0. The number of imidazole rings is 1. The van der Waals surface area contributed by atoms with Crippen LogP contribution < -0.4 is 5.73 Å². The number of hydrogen-bond acceptors (Lipinski definition) is 4. The third kappa shape index (κ3) is 2.11. The van der Waals surface area contributed by atoms with Crippen LogP contribution in [0.3, 0.4) is 0 Å².